The number of aliphatic hydroxyl groups excluding tert-OH is 4. The number of rotatable bonds is 9. The number of cyclic esters (lactones) is 1. The Morgan fingerprint density at radius 3 is 2.21 bits per heavy atom. The van der Waals surface area contributed by atoms with E-state index >= 15 is 8.78 Å². The molecule has 5 fully saturated rings. The molecule has 4 aliphatic carbocycles. The summed E-state index contributed by atoms with van der Waals surface area (Å²) in [6, 6.07) is -1.14. The van der Waals surface area contributed by atoms with Crippen LogP contribution in [-0.2, 0) is 28.6 Å². The number of alkyl halides is 2. The number of carbonyl (C=O) groups is 3. The van der Waals surface area contributed by atoms with Crippen molar-refractivity contribution in [3.05, 3.63) is 23.8 Å². The molecule has 18 heteroatoms. The quantitative estimate of drug-likeness (QED) is 0.122. The minimum absolute atomic E-state index is 0.0103. The second-order valence-electron chi connectivity index (χ2n) is 24.0. The summed E-state index contributed by atoms with van der Waals surface area (Å²) in [6.07, 6.45) is -7.07. The number of nitrogens with zero attached hydrogens (tertiary/aromatic N) is 2. The topological polar surface area (TPSA) is 239 Å². The highest BCUT2D eigenvalue weighted by Gasteiger charge is 2.77. The molecule has 1 amide bonds. The first-order chi connectivity index (χ1) is 32.8. The Morgan fingerprint density at radius 2 is 1.59 bits per heavy atom. The summed E-state index contributed by atoms with van der Waals surface area (Å²) in [6.45, 7) is 18.6. The molecule has 71 heavy (non-hydrogen) atoms. The number of esters is 1. The first-order valence-corrected chi connectivity index (χ1v) is 26.1. The fourth-order valence-electron chi connectivity index (χ4n) is 14.5. The van der Waals surface area contributed by atoms with E-state index in [0.717, 1.165) is 6.08 Å². The lowest BCUT2D eigenvalue weighted by Gasteiger charge is -2.63. The number of hydrogen-bond donors (Lipinski definition) is 8. The molecule has 0 aromatic heterocycles. The van der Waals surface area contributed by atoms with Crippen LogP contribution in [0.15, 0.2) is 23.8 Å². The van der Waals surface area contributed by atoms with Crippen molar-refractivity contribution in [1.29, 1.82) is 0 Å². The fourth-order valence-corrected chi connectivity index (χ4v) is 14.5. The van der Waals surface area contributed by atoms with Gasteiger partial charge in [0.25, 0.3) is 5.91 Å². The van der Waals surface area contributed by atoms with Gasteiger partial charge in [0, 0.05) is 54.4 Å². The van der Waals surface area contributed by atoms with Crippen LogP contribution in [0.3, 0.4) is 0 Å². The molecule has 2 saturated heterocycles. The number of carbonyl (C=O) groups excluding carboxylic acids is 3. The van der Waals surface area contributed by atoms with Gasteiger partial charge in [0.2, 0.25) is 0 Å². The molecule has 8 N–H and O–H groups in total. The zero-order valence-corrected chi connectivity index (χ0v) is 44.3. The Hall–Kier alpha value is -2.49. The van der Waals surface area contributed by atoms with Crippen LogP contribution in [-0.4, -0.2) is 187 Å². The number of amides is 1. The van der Waals surface area contributed by atoms with Gasteiger partial charge >= 0.3 is 5.97 Å². The highest BCUT2D eigenvalue weighted by molar-refractivity contribution is 6.01. The molecule has 6 aliphatic rings. The average Bonchev–Trinajstić information content (AvgIpc) is 3.49. The summed E-state index contributed by atoms with van der Waals surface area (Å²) < 4.78 is 52.4. The van der Waals surface area contributed by atoms with E-state index in [1.165, 1.54) is 32.9 Å². The van der Waals surface area contributed by atoms with E-state index in [1.807, 2.05) is 37.7 Å². The van der Waals surface area contributed by atoms with E-state index in [0.29, 0.717) is 6.42 Å². The molecule has 0 aromatic rings. The predicted octanol–water partition coefficient (Wildman–Crippen LogP) is 3.15. The van der Waals surface area contributed by atoms with Gasteiger partial charge in [-0.2, -0.15) is 0 Å². The van der Waals surface area contributed by atoms with Crippen molar-refractivity contribution < 1.29 is 73.1 Å². The molecule has 6 rings (SSSR count). The molecular weight excluding hydrogens is 925 g/mol. The smallest absolute Gasteiger partial charge is 0.311 e. The molecule has 2 aliphatic heterocycles. The number of halogens is 2. The maximum absolute atomic E-state index is 17.8. The van der Waals surface area contributed by atoms with Crippen LogP contribution in [0.5, 0.6) is 0 Å². The molecule has 0 spiro atoms. The van der Waals surface area contributed by atoms with E-state index in [4.69, 9.17) is 14.2 Å². The number of ketones is 1. The van der Waals surface area contributed by atoms with Crippen molar-refractivity contribution in [2.75, 3.05) is 33.7 Å². The van der Waals surface area contributed by atoms with Gasteiger partial charge in [-0.25, -0.2) is 8.78 Å². The summed E-state index contributed by atoms with van der Waals surface area (Å²) in [5, 5.41) is 87.1. The van der Waals surface area contributed by atoms with Crippen LogP contribution in [0.1, 0.15) is 121 Å². The molecule has 0 bridgehead atoms. The lowest BCUT2D eigenvalue weighted by atomic mass is 9.44. The molecule has 0 aromatic carbocycles. The van der Waals surface area contributed by atoms with Crippen molar-refractivity contribution in [2.45, 2.75) is 211 Å². The summed E-state index contributed by atoms with van der Waals surface area (Å²) in [4.78, 5) is 44.3. The van der Waals surface area contributed by atoms with E-state index in [2.05, 4.69) is 5.32 Å². The highest BCUT2D eigenvalue weighted by Crippen LogP contribution is 2.71. The van der Waals surface area contributed by atoms with Crippen LogP contribution in [0.25, 0.3) is 0 Å². The van der Waals surface area contributed by atoms with E-state index in [-0.39, 0.29) is 81.8 Å². The maximum Gasteiger partial charge on any atom is 0.311 e. The van der Waals surface area contributed by atoms with Gasteiger partial charge in [0.05, 0.1) is 35.9 Å². The number of nitrogens with one attached hydrogen (secondary N) is 1. The van der Waals surface area contributed by atoms with E-state index < -0.39 is 136 Å². The minimum atomic E-state index is -2.37. The molecule has 23 atom stereocenters. The molecule has 2 heterocycles. The summed E-state index contributed by atoms with van der Waals surface area (Å²) in [5.74, 6) is -6.93. The molecule has 406 valence electrons. The summed E-state index contributed by atoms with van der Waals surface area (Å²) >= 11 is 0. The first-order valence-electron chi connectivity index (χ1n) is 26.1. The van der Waals surface area contributed by atoms with Gasteiger partial charge in [-0.15, -0.1) is 0 Å². The largest absolute Gasteiger partial charge is 0.459 e. The number of ether oxygens (including phenoxy) is 3. The third-order valence-electron chi connectivity index (χ3n) is 18.8. The van der Waals surface area contributed by atoms with Gasteiger partial charge in [0.15, 0.2) is 23.3 Å². The monoisotopic (exact) mass is 1010 g/mol. The van der Waals surface area contributed by atoms with E-state index in [9.17, 15) is 50.1 Å². The van der Waals surface area contributed by atoms with Crippen LogP contribution in [0, 0.1) is 46.3 Å². The molecule has 0 radical (unpaired) electrons. The number of allylic oxidation sites excluding steroid dienone is 4. The number of fused-ring (bicyclic) bond motifs is 5. The van der Waals surface area contributed by atoms with Crippen LogP contribution >= 0.6 is 0 Å². The van der Waals surface area contributed by atoms with Crippen LogP contribution < -0.4 is 5.32 Å². The molecule has 6 unspecified atom stereocenters. The van der Waals surface area contributed by atoms with E-state index in [1.54, 1.807) is 41.5 Å². The zero-order chi connectivity index (χ0) is 53.3. The van der Waals surface area contributed by atoms with Crippen LogP contribution in [0.2, 0.25) is 0 Å². The van der Waals surface area contributed by atoms with Gasteiger partial charge < -0.3 is 60.2 Å². The predicted molar refractivity (Wildman–Crippen MR) is 260 cm³/mol. The third kappa shape index (κ3) is 9.97. The average molecular weight is 1010 g/mol. The van der Waals surface area contributed by atoms with Crippen molar-refractivity contribution >= 4 is 17.7 Å². The first kappa shape index (κ1) is 57.8. The Bertz CT molecular complexity index is 2010. The molecule has 3 saturated carbocycles. The Kier molecular flexibility index (Phi) is 17.0. The third-order valence-corrected chi connectivity index (χ3v) is 18.8. The summed E-state index contributed by atoms with van der Waals surface area (Å²) in [5.41, 5.74) is -11.1. The fraction of sp³-hybridized carbons (Fsp3) is 0.868. The van der Waals surface area contributed by atoms with Gasteiger partial charge in [-0.05, 0) is 136 Å². The second kappa shape index (κ2) is 20.9. The number of likely N-dealkylation sites (N-methyl/N-ethyl adjacent to an activating group) is 1. The van der Waals surface area contributed by atoms with Gasteiger partial charge in [-0.1, -0.05) is 40.7 Å². The number of hydrogen-bond acceptors (Lipinski definition) is 15. The van der Waals surface area contributed by atoms with Crippen LogP contribution in [0.4, 0.5) is 8.78 Å². The standard InChI is InChI=1S/C53H87F2N3O13/c1-14-40-51(11,67)43(63)32(7)58(26-27(2)24-50(10,66)44(30(5)41(61)31(6)45(64)70-40)71-46-42(62)38(57(12)13)21-29(4)69-46)19-15-18-56-47(65)53(68)28(3)20-34-35-23-37(54)36-22-33(59)16-17-48(36,8)52(35,55)39(60)25-49(34,53)9/h16-17,22,27-32,34-35,37-44,46,60-63,66-68H,14-15,18-21,23-26H2,1-13H3,(H,56,65)/t27-,28-,29?,30+,31-,32-,34?,35?,37+,38?,39+,40-,41+,42-,43-,44?,46?,48+,49+,50-,51-,52+,53+/m1/s1. The molecular formula is C53H87F2N3O13. The van der Waals surface area contributed by atoms with Gasteiger partial charge in [0.1, 0.15) is 30.1 Å². The lowest BCUT2D eigenvalue weighted by molar-refractivity contribution is -0.299. The minimum Gasteiger partial charge on any atom is -0.459 e. The second-order valence-corrected chi connectivity index (χ2v) is 24.0. The molecule has 16 nitrogen and oxygen atoms in total. The lowest BCUT2D eigenvalue weighted by Crippen LogP contribution is -2.71. The van der Waals surface area contributed by atoms with Crippen molar-refractivity contribution in [2.24, 2.45) is 46.3 Å². The summed E-state index contributed by atoms with van der Waals surface area (Å²) in [7, 11) is 3.68. The Balaban J connectivity index is 1.23. The normalized spacial score (nSPS) is 50.2. The highest BCUT2D eigenvalue weighted by atomic mass is 19.1. The Labute approximate surface area is 419 Å². The number of aliphatic hydroxyl groups is 7. The maximum atomic E-state index is 17.8. The SMILES string of the molecule is CC[C@H]1OC(=O)[C@H](C)[C@@H](O)[C@H](C)C(OC2OC(C)CC(N(C)C)[C@H]2O)[C@](C)(O)C[C@@H](C)CN(CCCNC(=O)[C@@]2(O)[C@H](C)CC3C4C[C@H](F)C5=CC(=O)C=C[C@]5(C)[C@@]4(F)[C@@H](O)C[C@@]32C)[C@H](C)[C@@H](O)[C@]1(C)O. The zero-order valence-electron chi connectivity index (χ0n) is 44.3. The Morgan fingerprint density at radius 1 is 0.944 bits per heavy atom. The van der Waals surface area contributed by atoms with Gasteiger partial charge in [-0.3, -0.25) is 19.3 Å². The van der Waals surface area contributed by atoms with Crippen molar-refractivity contribution in [3.63, 3.8) is 0 Å². The van der Waals surface area contributed by atoms with Crippen molar-refractivity contribution in [1.82, 2.24) is 15.1 Å². The van der Waals surface area contributed by atoms with Crippen molar-refractivity contribution in [3.8, 4) is 0 Å².